The van der Waals surface area contributed by atoms with Crippen LogP contribution in [0.15, 0.2) is 24.5 Å². The van der Waals surface area contributed by atoms with Crippen molar-refractivity contribution in [2.45, 2.75) is 24.5 Å². The molecule has 23 heavy (non-hydrogen) atoms. The van der Waals surface area contributed by atoms with Gasteiger partial charge >= 0.3 is 0 Å². The van der Waals surface area contributed by atoms with E-state index in [1.165, 1.54) is 0 Å². The van der Waals surface area contributed by atoms with Gasteiger partial charge in [0.25, 0.3) is 0 Å². The molecule has 2 aromatic heterocycles. The highest BCUT2D eigenvalue weighted by molar-refractivity contribution is 7.93. The van der Waals surface area contributed by atoms with Crippen molar-refractivity contribution in [1.29, 1.82) is 0 Å². The zero-order chi connectivity index (χ0) is 16.8. The van der Waals surface area contributed by atoms with Crippen molar-refractivity contribution in [3.8, 4) is 11.1 Å². The monoisotopic (exact) mass is 334 g/mol. The predicted octanol–water partition coefficient (Wildman–Crippen LogP) is 1.31. The van der Waals surface area contributed by atoms with E-state index < -0.39 is 20.5 Å². The zero-order valence-corrected chi connectivity index (χ0v) is 14.0. The van der Waals surface area contributed by atoms with Crippen LogP contribution in [0.3, 0.4) is 0 Å². The molecule has 0 saturated heterocycles. The average Bonchev–Trinajstić information content (AvgIpc) is 3.17. The second-order valence-corrected chi connectivity index (χ2v) is 8.28. The van der Waals surface area contributed by atoms with Gasteiger partial charge in [-0.2, -0.15) is 5.10 Å². The van der Waals surface area contributed by atoms with Crippen LogP contribution in [0, 0.1) is 6.92 Å². The number of sulfone groups is 1. The number of hydrogen-bond donors (Lipinski definition) is 1. The Morgan fingerprint density at radius 1 is 1.35 bits per heavy atom. The molecule has 0 unspecified atom stereocenters. The number of hydrogen-bond acceptors (Lipinski definition) is 5. The third-order valence-corrected chi connectivity index (χ3v) is 6.18. The molecule has 1 fully saturated rings. The smallest absolute Gasteiger partial charge is 0.246 e. The summed E-state index contributed by atoms with van der Waals surface area (Å²) in [5.74, 6) is -0.143. The number of amides is 1. The molecule has 8 heteroatoms. The Morgan fingerprint density at radius 3 is 2.52 bits per heavy atom. The van der Waals surface area contributed by atoms with Gasteiger partial charge in [0, 0.05) is 36.3 Å². The van der Waals surface area contributed by atoms with Gasteiger partial charge in [-0.1, -0.05) is 0 Å². The van der Waals surface area contributed by atoms with Gasteiger partial charge in [0.2, 0.25) is 5.91 Å². The minimum Gasteiger partial charge on any atom is -0.309 e. The van der Waals surface area contributed by atoms with E-state index in [0.717, 1.165) is 23.1 Å². The Labute approximate surface area is 134 Å². The van der Waals surface area contributed by atoms with Crippen molar-refractivity contribution < 1.29 is 13.2 Å². The van der Waals surface area contributed by atoms with E-state index in [2.05, 4.69) is 15.4 Å². The molecule has 1 saturated carbocycles. The van der Waals surface area contributed by atoms with E-state index in [-0.39, 0.29) is 0 Å². The van der Waals surface area contributed by atoms with E-state index in [0.29, 0.717) is 18.7 Å². The molecule has 1 aliphatic rings. The largest absolute Gasteiger partial charge is 0.309 e. The molecule has 7 nitrogen and oxygen atoms in total. The number of aromatic nitrogens is 3. The summed E-state index contributed by atoms with van der Waals surface area (Å²) in [4.78, 5) is 16.6. The Balaban J connectivity index is 1.83. The van der Waals surface area contributed by atoms with E-state index in [1.807, 2.05) is 26.2 Å². The van der Waals surface area contributed by atoms with Crippen LogP contribution in [0.5, 0.6) is 0 Å². The van der Waals surface area contributed by atoms with Crippen LogP contribution in [-0.2, 0) is 21.7 Å². The van der Waals surface area contributed by atoms with Gasteiger partial charge in [-0.3, -0.25) is 9.48 Å². The lowest BCUT2D eigenvalue weighted by Gasteiger charge is -2.13. The maximum Gasteiger partial charge on any atom is 0.246 e. The van der Waals surface area contributed by atoms with Crippen LogP contribution >= 0.6 is 0 Å². The van der Waals surface area contributed by atoms with Gasteiger partial charge in [-0.05, 0) is 31.9 Å². The number of nitrogens with zero attached hydrogens (tertiary/aromatic N) is 3. The number of aryl methyl sites for hydroxylation is 2. The van der Waals surface area contributed by atoms with Crippen molar-refractivity contribution in [2.24, 2.45) is 7.05 Å². The molecule has 122 valence electrons. The summed E-state index contributed by atoms with van der Waals surface area (Å²) in [5, 5.41) is 6.75. The molecule has 0 radical (unpaired) electrons. The summed E-state index contributed by atoms with van der Waals surface area (Å²) in [6, 6.07) is 3.51. The minimum absolute atomic E-state index is 0.357. The molecule has 0 atom stereocenters. The van der Waals surface area contributed by atoms with Crippen molar-refractivity contribution in [3.63, 3.8) is 0 Å². The summed E-state index contributed by atoms with van der Waals surface area (Å²) < 4.78 is 24.0. The highest BCUT2D eigenvalue weighted by Gasteiger charge is 2.58. The molecule has 0 spiro atoms. The fourth-order valence-electron chi connectivity index (χ4n) is 2.61. The van der Waals surface area contributed by atoms with Gasteiger partial charge in [0.1, 0.15) is 5.82 Å². The molecule has 3 rings (SSSR count). The molecule has 2 heterocycles. The molecule has 1 amide bonds. The minimum atomic E-state index is -3.42. The number of nitrogens with one attached hydrogen (secondary N) is 1. The Morgan fingerprint density at radius 2 is 2.04 bits per heavy atom. The van der Waals surface area contributed by atoms with Gasteiger partial charge < -0.3 is 5.32 Å². The molecular weight excluding hydrogens is 316 g/mol. The van der Waals surface area contributed by atoms with Crippen molar-refractivity contribution >= 4 is 21.6 Å². The molecular formula is C15H18N4O3S. The first-order chi connectivity index (χ1) is 10.7. The maximum atomic E-state index is 12.3. The van der Waals surface area contributed by atoms with Crippen LogP contribution in [0.1, 0.15) is 18.5 Å². The standard InChI is InChI=1S/C15H18N4O3S/c1-10-12(11-8-16-19(2)9-11)4-5-13(17-10)18-14(20)15(6-7-15)23(3,21)22/h4-5,8-9H,6-7H2,1-3H3,(H,17,18,20). The lowest BCUT2D eigenvalue weighted by Crippen LogP contribution is -2.36. The number of rotatable bonds is 4. The second-order valence-electron chi connectivity index (χ2n) is 5.95. The van der Waals surface area contributed by atoms with E-state index in [4.69, 9.17) is 0 Å². The first kappa shape index (κ1) is 15.7. The number of anilines is 1. The first-order valence-corrected chi connectivity index (χ1v) is 9.10. The van der Waals surface area contributed by atoms with Crippen molar-refractivity contribution in [1.82, 2.24) is 14.8 Å². The van der Waals surface area contributed by atoms with Crippen LogP contribution in [-0.4, -0.2) is 40.1 Å². The summed E-state index contributed by atoms with van der Waals surface area (Å²) >= 11 is 0. The Hall–Kier alpha value is -2.22. The lowest BCUT2D eigenvalue weighted by atomic mass is 10.1. The van der Waals surface area contributed by atoms with E-state index in [1.54, 1.807) is 16.9 Å². The Kier molecular flexibility index (Phi) is 3.51. The van der Waals surface area contributed by atoms with E-state index >= 15 is 0 Å². The lowest BCUT2D eigenvalue weighted by molar-refractivity contribution is -0.116. The Bertz CT molecular complexity index is 882. The zero-order valence-electron chi connectivity index (χ0n) is 13.2. The summed E-state index contributed by atoms with van der Waals surface area (Å²) in [6.07, 6.45) is 5.45. The number of pyridine rings is 1. The predicted molar refractivity (Wildman–Crippen MR) is 86.6 cm³/mol. The fourth-order valence-corrected chi connectivity index (χ4v) is 3.84. The second kappa shape index (κ2) is 5.16. The van der Waals surface area contributed by atoms with Crippen molar-refractivity contribution in [3.05, 3.63) is 30.2 Å². The van der Waals surface area contributed by atoms with Crippen LogP contribution in [0.25, 0.3) is 11.1 Å². The van der Waals surface area contributed by atoms with Gasteiger partial charge in [0.15, 0.2) is 14.6 Å². The molecule has 1 aliphatic carbocycles. The van der Waals surface area contributed by atoms with E-state index in [9.17, 15) is 13.2 Å². The van der Waals surface area contributed by atoms with Gasteiger partial charge in [-0.15, -0.1) is 0 Å². The van der Waals surface area contributed by atoms with Crippen LogP contribution < -0.4 is 5.32 Å². The fraction of sp³-hybridized carbons (Fsp3) is 0.400. The van der Waals surface area contributed by atoms with Crippen LogP contribution in [0.4, 0.5) is 5.82 Å². The highest BCUT2D eigenvalue weighted by atomic mass is 32.2. The molecule has 0 bridgehead atoms. The SMILES string of the molecule is Cc1nc(NC(=O)C2(S(C)(=O)=O)CC2)ccc1-c1cnn(C)c1. The normalized spacial score (nSPS) is 16.1. The van der Waals surface area contributed by atoms with Crippen molar-refractivity contribution in [2.75, 3.05) is 11.6 Å². The summed E-state index contributed by atoms with van der Waals surface area (Å²) in [7, 11) is -1.59. The number of carbonyl (C=O) groups is 1. The van der Waals surface area contributed by atoms with Gasteiger partial charge in [-0.25, -0.2) is 13.4 Å². The van der Waals surface area contributed by atoms with Crippen LogP contribution in [0.2, 0.25) is 0 Å². The highest BCUT2D eigenvalue weighted by Crippen LogP contribution is 2.44. The average molecular weight is 334 g/mol. The molecule has 1 N–H and O–H groups in total. The number of carbonyl (C=O) groups excluding carboxylic acids is 1. The topological polar surface area (TPSA) is 93.9 Å². The van der Waals surface area contributed by atoms with Gasteiger partial charge in [0.05, 0.1) is 6.20 Å². The quantitative estimate of drug-likeness (QED) is 0.910. The molecule has 2 aromatic rings. The maximum absolute atomic E-state index is 12.3. The molecule has 0 aliphatic heterocycles. The summed E-state index contributed by atoms with van der Waals surface area (Å²) in [6.45, 7) is 1.83. The first-order valence-electron chi connectivity index (χ1n) is 7.21. The molecule has 0 aromatic carbocycles. The summed E-state index contributed by atoms with van der Waals surface area (Å²) in [5.41, 5.74) is 2.59. The third kappa shape index (κ3) is 2.74. The third-order valence-electron chi connectivity index (χ3n) is 4.17.